The van der Waals surface area contributed by atoms with Crippen LogP contribution in [0.2, 0.25) is 0 Å². The van der Waals surface area contributed by atoms with E-state index in [1.807, 2.05) is 12.1 Å². The molecule has 2 N–H and O–H groups in total. The van der Waals surface area contributed by atoms with Gasteiger partial charge in [-0.1, -0.05) is 55.7 Å². The van der Waals surface area contributed by atoms with Gasteiger partial charge in [0, 0.05) is 36.2 Å². The molecule has 2 aromatic carbocycles. The standard InChI is InChI=1S/C28H38N2O5S2/c1-28(2)26(27(32)33)30(17-19-36-28)37(34,35)25-14-12-23(13-15-25)22-10-8-21(9-11-22)20-29(16-18-31)24-6-4-3-5-7-24/h8-15,24,26,31H,3-7,16-20H2,1-2H3,(H,32,33)/t26-/m0/s1. The van der Waals surface area contributed by atoms with Crippen LogP contribution in [-0.2, 0) is 21.4 Å². The van der Waals surface area contributed by atoms with Gasteiger partial charge in [-0.2, -0.15) is 16.1 Å². The molecule has 2 aliphatic rings. The summed E-state index contributed by atoms with van der Waals surface area (Å²) in [5.41, 5.74) is 3.07. The Bertz CT molecular complexity index is 1160. The summed E-state index contributed by atoms with van der Waals surface area (Å²) in [6.07, 6.45) is 6.18. The lowest BCUT2D eigenvalue weighted by molar-refractivity contribution is -0.142. The van der Waals surface area contributed by atoms with E-state index in [4.69, 9.17) is 0 Å². The number of aliphatic hydroxyl groups excluding tert-OH is 1. The lowest BCUT2D eigenvalue weighted by Gasteiger charge is -2.42. The topological polar surface area (TPSA) is 98.2 Å². The molecule has 7 nitrogen and oxygen atoms in total. The molecule has 0 spiro atoms. The predicted molar refractivity (Wildman–Crippen MR) is 148 cm³/mol. The number of carboxylic acid groups (broad SMARTS) is 1. The van der Waals surface area contributed by atoms with Gasteiger partial charge < -0.3 is 10.2 Å². The first-order valence-electron chi connectivity index (χ1n) is 13.1. The molecular weight excluding hydrogens is 508 g/mol. The highest BCUT2D eigenvalue weighted by atomic mass is 32.2. The van der Waals surface area contributed by atoms with Gasteiger partial charge in [0.2, 0.25) is 10.0 Å². The molecule has 9 heteroatoms. The Kier molecular flexibility index (Phi) is 9.01. The number of thioether (sulfide) groups is 1. The summed E-state index contributed by atoms with van der Waals surface area (Å²) in [6.45, 7) is 5.37. The molecule has 0 unspecified atom stereocenters. The SMILES string of the molecule is CC1(C)SCCN(S(=O)(=O)c2ccc(-c3ccc(CN(CCO)C4CCCCC4)cc3)cc2)[C@H]1C(=O)O. The Morgan fingerprint density at radius 1 is 1.03 bits per heavy atom. The van der Waals surface area contributed by atoms with E-state index in [1.165, 1.54) is 49.4 Å². The molecule has 1 heterocycles. The monoisotopic (exact) mass is 546 g/mol. The molecule has 2 aromatic rings. The molecular formula is C28H38N2O5S2. The zero-order valence-corrected chi connectivity index (χ0v) is 23.3. The maximum absolute atomic E-state index is 13.4. The second-order valence-corrected chi connectivity index (χ2v) is 14.2. The summed E-state index contributed by atoms with van der Waals surface area (Å²) in [4.78, 5) is 14.5. The van der Waals surface area contributed by atoms with Crippen molar-refractivity contribution >= 4 is 27.8 Å². The number of hydrogen-bond donors (Lipinski definition) is 2. The second-order valence-electron chi connectivity index (χ2n) is 10.5. The molecule has 0 amide bonds. The van der Waals surface area contributed by atoms with Crippen LogP contribution in [0.25, 0.3) is 11.1 Å². The Labute approximate surface area is 224 Å². The fourth-order valence-corrected chi connectivity index (χ4v) is 8.69. The highest BCUT2D eigenvalue weighted by Crippen LogP contribution is 2.38. The van der Waals surface area contributed by atoms with Crippen molar-refractivity contribution in [2.75, 3.05) is 25.4 Å². The first-order valence-corrected chi connectivity index (χ1v) is 15.5. The Hall–Kier alpha value is -1.91. The number of rotatable bonds is 9. The predicted octanol–water partition coefficient (Wildman–Crippen LogP) is 4.45. The largest absolute Gasteiger partial charge is 0.480 e. The smallest absolute Gasteiger partial charge is 0.323 e. The van der Waals surface area contributed by atoms with Crippen LogP contribution >= 0.6 is 11.8 Å². The van der Waals surface area contributed by atoms with Gasteiger partial charge in [0.25, 0.3) is 0 Å². The summed E-state index contributed by atoms with van der Waals surface area (Å²) in [5.74, 6) is -0.574. The molecule has 1 aliphatic heterocycles. The van der Waals surface area contributed by atoms with E-state index >= 15 is 0 Å². The number of aliphatic hydroxyl groups is 1. The van der Waals surface area contributed by atoms with E-state index in [0.717, 1.165) is 22.0 Å². The number of hydrogen-bond acceptors (Lipinski definition) is 6. The zero-order valence-electron chi connectivity index (χ0n) is 21.7. The van der Waals surface area contributed by atoms with Crippen LogP contribution in [0.3, 0.4) is 0 Å². The molecule has 0 aromatic heterocycles. The van der Waals surface area contributed by atoms with E-state index in [9.17, 15) is 23.4 Å². The normalized spacial score (nSPS) is 21.2. The highest BCUT2D eigenvalue weighted by Gasteiger charge is 2.48. The van der Waals surface area contributed by atoms with Gasteiger partial charge in [0.15, 0.2) is 0 Å². The molecule has 202 valence electrons. The van der Waals surface area contributed by atoms with Crippen molar-refractivity contribution in [3.8, 4) is 11.1 Å². The molecule has 4 rings (SSSR count). The number of sulfonamides is 1. The van der Waals surface area contributed by atoms with Crippen molar-refractivity contribution in [1.29, 1.82) is 0 Å². The summed E-state index contributed by atoms with van der Waals surface area (Å²) >= 11 is 1.48. The number of nitrogens with zero attached hydrogens (tertiary/aromatic N) is 2. The van der Waals surface area contributed by atoms with Crippen molar-refractivity contribution in [1.82, 2.24) is 9.21 Å². The minimum absolute atomic E-state index is 0.106. The van der Waals surface area contributed by atoms with Gasteiger partial charge in [-0.05, 0) is 55.5 Å². The Morgan fingerprint density at radius 3 is 2.19 bits per heavy atom. The molecule has 2 fully saturated rings. The third-order valence-electron chi connectivity index (χ3n) is 7.58. The van der Waals surface area contributed by atoms with Gasteiger partial charge in [-0.15, -0.1) is 0 Å². The van der Waals surface area contributed by atoms with Gasteiger partial charge in [0.1, 0.15) is 6.04 Å². The second kappa shape index (κ2) is 11.9. The molecule has 1 saturated heterocycles. The quantitative estimate of drug-likeness (QED) is 0.480. The first-order chi connectivity index (χ1) is 17.6. The maximum atomic E-state index is 13.4. The first kappa shape index (κ1) is 28.1. The van der Waals surface area contributed by atoms with Crippen molar-refractivity contribution in [2.24, 2.45) is 0 Å². The van der Waals surface area contributed by atoms with Crippen LogP contribution in [0.4, 0.5) is 0 Å². The Balaban J connectivity index is 1.48. The van der Waals surface area contributed by atoms with Crippen LogP contribution in [0.15, 0.2) is 53.4 Å². The van der Waals surface area contributed by atoms with E-state index in [0.29, 0.717) is 18.3 Å². The summed E-state index contributed by atoms with van der Waals surface area (Å²) in [7, 11) is -3.95. The fourth-order valence-electron chi connectivity index (χ4n) is 5.59. The summed E-state index contributed by atoms with van der Waals surface area (Å²) < 4.78 is 27.2. The minimum atomic E-state index is -3.95. The zero-order chi connectivity index (χ0) is 26.6. The minimum Gasteiger partial charge on any atom is -0.480 e. The average molecular weight is 547 g/mol. The molecule has 1 atom stereocenters. The average Bonchev–Trinajstić information content (AvgIpc) is 2.88. The number of carbonyl (C=O) groups is 1. The number of benzene rings is 2. The Morgan fingerprint density at radius 2 is 1.62 bits per heavy atom. The van der Waals surface area contributed by atoms with Gasteiger partial charge in [0.05, 0.1) is 11.5 Å². The number of aliphatic carboxylic acids is 1. The van der Waals surface area contributed by atoms with Crippen molar-refractivity contribution in [2.45, 2.75) is 74.2 Å². The molecule has 0 bridgehead atoms. The summed E-state index contributed by atoms with van der Waals surface area (Å²) in [5, 5.41) is 19.3. The van der Waals surface area contributed by atoms with Crippen molar-refractivity contribution < 1.29 is 23.4 Å². The molecule has 37 heavy (non-hydrogen) atoms. The van der Waals surface area contributed by atoms with Crippen molar-refractivity contribution in [3.05, 3.63) is 54.1 Å². The van der Waals surface area contributed by atoms with Gasteiger partial charge in [-0.3, -0.25) is 9.69 Å². The van der Waals surface area contributed by atoms with Crippen LogP contribution < -0.4 is 0 Å². The van der Waals surface area contributed by atoms with Crippen LogP contribution in [0.1, 0.15) is 51.5 Å². The third kappa shape index (κ3) is 6.40. The van der Waals surface area contributed by atoms with Crippen LogP contribution in [-0.4, -0.2) is 76.1 Å². The fraction of sp³-hybridized carbons (Fsp3) is 0.536. The van der Waals surface area contributed by atoms with Crippen LogP contribution in [0.5, 0.6) is 0 Å². The highest BCUT2D eigenvalue weighted by molar-refractivity contribution is 8.00. The molecule has 1 aliphatic carbocycles. The third-order valence-corrected chi connectivity index (χ3v) is 10.8. The lowest BCUT2D eigenvalue weighted by atomic mass is 9.93. The van der Waals surface area contributed by atoms with E-state index in [-0.39, 0.29) is 18.0 Å². The maximum Gasteiger partial charge on any atom is 0.323 e. The van der Waals surface area contributed by atoms with E-state index in [1.54, 1.807) is 38.1 Å². The van der Waals surface area contributed by atoms with Crippen molar-refractivity contribution in [3.63, 3.8) is 0 Å². The summed E-state index contributed by atoms with van der Waals surface area (Å²) in [6, 6.07) is 14.4. The molecule has 0 radical (unpaired) electrons. The van der Waals surface area contributed by atoms with E-state index in [2.05, 4.69) is 17.0 Å². The lowest BCUT2D eigenvalue weighted by Crippen LogP contribution is -2.58. The molecule has 1 saturated carbocycles. The van der Waals surface area contributed by atoms with E-state index < -0.39 is 26.8 Å². The van der Waals surface area contributed by atoms with Gasteiger partial charge >= 0.3 is 5.97 Å². The van der Waals surface area contributed by atoms with Crippen LogP contribution in [0, 0.1) is 0 Å². The number of carboxylic acids is 1. The van der Waals surface area contributed by atoms with Gasteiger partial charge in [-0.25, -0.2) is 8.42 Å².